The molecule has 6 nitrogen and oxygen atoms in total. The first-order valence-electron chi connectivity index (χ1n) is 2.08. The van der Waals surface area contributed by atoms with E-state index in [1.165, 1.54) is 6.33 Å². The van der Waals surface area contributed by atoms with Gasteiger partial charge in [0.1, 0.15) is 0 Å². The fourth-order valence-electron chi connectivity index (χ4n) is 0.415. The van der Waals surface area contributed by atoms with Crippen molar-refractivity contribution in [3.8, 4) is 0 Å². The minimum Gasteiger partial charge on any atom is -0.358 e. The summed E-state index contributed by atoms with van der Waals surface area (Å²) in [6.45, 7) is 0. The molecule has 0 radical (unpaired) electrons. The lowest BCUT2D eigenvalue weighted by Gasteiger charge is -1.86. The van der Waals surface area contributed by atoms with Gasteiger partial charge in [0, 0.05) is 0 Å². The van der Waals surface area contributed by atoms with Gasteiger partial charge in [-0.2, -0.15) is 0 Å². The molecule has 56 valence electrons. The Morgan fingerprint density at radius 3 is 2.60 bits per heavy atom. The van der Waals surface area contributed by atoms with E-state index in [1.54, 1.807) is 0 Å². The van der Waals surface area contributed by atoms with E-state index in [0.29, 0.717) is 0 Å². The molecule has 0 aliphatic heterocycles. The third-order valence-corrected chi connectivity index (χ3v) is 1.11. The van der Waals surface area contributed by atoms with Crippen molar-refractivity contribution < 1.29 is 4.92 Å². The Balaban J connectivity index is 0.000000810. The maximum absolute atomic E-state index is 9.97. The van der Waals surface area contributed by atoms with Crippen LogP contribution in [-0.2, 0) is 0 Å². The summed E-state index contributed by atoms with van der Waals surface area (Å²) < 4.78 is 0. The molecule has 0 aromatic carbocycles. The number of thiol groups is 1. The quantitative estimate of drug-likeness (QED) is 0.322. The van der Waals surface area contributed by atoms with Gasteiger partial charge in [-0.25, -0.2) is 9.97 Å². The van der Waals surface area contributed by atoms with Gasteiger partial charge < -0.3 is 16.3 Å². The average molecular weight is 162 g/mol. The van der Waals surface area contributed by atoms with E-state index >= 15 is 0 Å². The van der Waals surface area contributed by atoms with Gasteiger partial charge in [-0.3, -0.25) is 0 Å². The zero-order valence-electron chi connectivity index (χ0n) is 4.94. The van der Waals surface area contributed by atoms with E-state index in [0.717, 1.165) is 0 Å². The van der Waals surface area contributed by atoms with Gasteiger partial charge >= 0.3 is 5.82 Å². The Morgan fingerprint density at radius 2 is 2.40 bits per heavy atom. The monoisotopic (exact) mass is 162 g/mol. The highest BCUT2D eigenvalue weighted by molar-refractivity contribution is 7.80. The first-order chi connectivity index (χ1) is 4.22. The molecular formula is C3H6N4O2S. The molecule has 0 saturated carbocycles. The summed E-state index contributed by atoms with van der Waals surface area (Å²) in [5.74, 6) is -0.168. The first kappa shape index (κ1) is 8.92. The largest absolute Gasteiger partial charge is 0.358 e. The fourth-order valence-corrected chi connectivity index (χ4v) is 0.619. The molecule has 10 heavy (non-hydrogen) atoms. The van der Waals surface area contributed by atoms with Gasteiger partial charge in [-0.1, -0.05) is 0 Å². The smallest absolute Gasteiger partial charge is 0.354 e. The first-order valence-corrected chi connectivity index (χ1v) is 2.53. The van der Waals surface area contributed by atoms with Gasteiger partial charge in [-0.15, -0.1) is 12.6 Å². The molecular weight excluding hydrogens is 156 g/mol. The number of hydrogen-bond donors (Lipinski definition) is 3. The predicted octanol–water partition coefficient (Wildman–Crippen LogP) is 0.769. The molecule has 7 heteroatoms. The number of imidazole rings is 1. The highest BCUT2D eigenvalue weighted by Gasteiger charge is 2.09. The second-order valence-corrected chi connectivity index (χ2v) is 1.76. The van der Waals surface area contributed by atoms with E-state index in [-0.39, 0.29) is 17.0 Å². The summed E-state index contributed by atoms with van der Waals surface area (Å²) in [4.78, 5) is 15.2. The molecule has 0 amide bonds. The number of aromatic nitrogens is 2. The lowest BCUT2D eigenvalue weighted by Crippen LogP contribution is -1.87. The molecule has 0 spiro atoms. The van der Waals surface area contributed by atoms with E-state index in [9.17, 15) is 10.1 Å². The van der Waals surface area contributed by atoms with Crippen molar-refractivity contribution in [3.05, 3.63) is 16.4 Å². The summed E-state index contributed by atoms with van der Waals surface area (Å²) >= 11 is 3.70. The minimum absolute atomic E-state index is 0. The molecule has 1 heterocycles. The summed E-state index contributed by atoms with van der Waals surface area (Å²) in [7, 11) is 0. The summed E-state index contributed by atoms with van der Waals surface area (Å²) in [6, 6.07) is 0. The van der Waals surface area contributed by atoms with Gasteiger partial charge in [0.15, 0.2) is 11.4 Å². The highest BCUT2D eigenvalue weighted by Crippen LogP contribution is 2.14. The number of rotatable bonds is 1. The summed E-state index contributed by atoms with van der Waals surface area (Å²) in [6.07, 6.45) is 1.22. The van der Waals surface area contributed by atoms with E-state index in [1.807, 2.05) is 0 Å². The predicted molar refractivity (Wildman–Crippen MR) is 37.5 cm³/mol. The molecule has 0 bridgehead atoms. The van der Waals surface area contributed by atoms with Crippen molar-refractivity contribution in [3.63, 3.8) is 0 Å². The van der Waals surface area contributed by atoms with Gasteiger partial charge in [0.2, 0.25) is 0 Å². The van der Waals surface area contributed by atoms with Crippen LogP contribution in [0.2, 0.25) is 0 Å². The third kappa shape index (κ3) is 1.45. The molecule has 0 saturated heterocycles. The Hall–Kier alpha value is -1.08. The van der Waals surface area contributed by atoms with Crippen molar-refractivity contribution in [1.29, 1.82) is 0 Å². The van der Waals surface area contributed by atoms with E-state index in [2.05, 4.69) is 22.6 Å². The second-order valence-electron chi connectivity index (χ2n) is 1.33. The number of nitrogens with zero attached hydrogens (tertiary/aromatic N) is 2. The van der Waals surface area contributed by atoms with Crippen LogP contribution in [0.4, 0.5) is 5.82 Å². The molecule has 0 aliphatic rings. The van der Waals surface area contributed by atoms with Crippen molar-refractivity contribution in [2.45, 2.75) is 5.03 Å². The maximum atomic E-state index is 9.97. The van der Waals surface area contributed by atoms with Crippen LogP contribution in [0.25, 0.3) is 0 Å². The van der Waals surface area contributed by atoms with Crippen LogP contribution in [0.1, 0.15) is 0 Å². The Kier molecular flexibility index (Phi) is 2.84. The van der Waals surface area contributed by atoms with Crippen LogP contribution in [0, 0.1) is 10.1 Å². The lowest BCUT2D eigenvalue weighted by atomic mass is 10.8. The third-order valence-electron chi connectivity index (χ3n) is 0.782. The average Bonchev–Trinajstić information content (AvgIpc) is 2.13. The molecule has 1 aromatic rings. The standard InChI is InChI=1S/C3H3N3O2S.H3N/c7-6(8)2-3(9)5-1-4-2;/h1,9H,(H,4,5);1H3. The normalized spacial score (nSPS) is 8.50. The maximum Gasteiger partial charge on any atom is 0.354 e. The number of H-pyrrole nitrogens is 1. The molecule has 0 aliphatic carbocycles. The van der Waals surface area contributed by atoms with Crippen molar-refractivity contribution in [1.82, 2.24) is 16.1 Å². The van der Waals surface area contributed by atoms with Crippen LogP contribution in [0.15, 0.2) is 11.4 Å². The Bertz CT molecular complexity index is 234. The van der Waals surface area contributed by atoms with Gasteiger partial charge in [0.05, 0.1) is 0 Å². The van der Waals surface area contributed by atoms with E-state index < -0.39 is 4.92 Å². The molecule has 1 rings (SSSR count). The number of aromatic amines is 1. The van der Waals surface area contributed by atoms with Crippen LogP contribution in [0.5, 0.6) is 0 Å². The van der Waals surface area contributed by atoms with Gasteiger partial charge in [-0.05, 0) is 4.92 Å². The second kappa shape index (κ2) is 3.18. The molecule has 1 aromatic heterocycles. The van der Waals surface area contributed by atoms with Gasteiger partial charge in [0.25, 0.3) is 0 Å². The van der Waals surface area contributed by atoms with Crippen LogP contribution < -0.4 is 6.15 Å². The van der Waals surface area contributed by atoms with Crippen molar-refractivity contribution in [2.24, 2.45) is 0 Å². The van der Waals surface area contributed by atoms with Crippen LogP contribution in [0.3, 0.4) is 0 Å². The molecule has 4 N–H and O–H groups in total. The highest BCUT2D eigenvalue weighted by atomic mass is 32.1. The van der Waals surface area contributed by atoms with Crippen molar-refractivity contribution >= 4 is 18.4 Å². The minimum atomic E-state index is -0.574. The zero-order chi connectivity index (χ0) is 6.85. The Morgan fingerprint density at radius 1 is 1.80 bits per heavy atom. The SMILES string of the molecule is N.O=[N+]([O-])c1[nH]cnc1S. The number of nitro groups is 1. The number of nitrogens with one attached hydrogen (secondary N) is 1. The topological polar surface area (TPSA) is 107 Å². The van der Waals surface area contributed by atoms with Crippen LogP contribution >= 0.6 is 12.6 Å². The van der Waals surface area contributed by atoms with E-state index in [4.69, 9.17) is 0 Å². The van der Waals surface area contributed by atoms with Crippen LogP contribution in [-0.4, -0.2) is 14.9 Å². The van der Waals surface area contributed by atoms with Crippen molar-refractivity contribution in [2.75, 3.05) is 0 Å². The Labute approximate surface area is 61.8 Å². The molecule has 0 fully saturated rings. The molecule has 0 atom stereocenters. The molecule has 0 unspecified atom stereocenters. The summed E-state index contributed by atoms with van der Waals surface area (Å²) in [5.41, 5.74) is 0. The number of hydrogen-bond acceptors (Lipinski definition) is 5. The zero-order valence-corrected chi connectivity index (χ0v) is 5.84. The summed E-state index contributed by atoms with van der Waals surface area (Å²) in [5, 5.41) is 10.1. The fraction of sp³-hybridized carbons (Fsp3) is 0. The lowest BCUT2D eigenvalue weighted by molar-refractivity contribution is -0.392.